The molecule has 1 aliphatic heterocycles. The normalized spacial score (nSPS) is 15.7. The fourth-order valence-electron chi connectivity index (χ4n) is 3.00. The number of benzene rings is 2. The Kier molecular flexibility index (Phi) is 5.80. The molecule has 7 nitrogen and oxygen atoms in total. The van der Waals surface area contributed by atoms with E-state index in [9.17, 15) is 9.59 Å². The number of hydrogen-bond acceptors (Lipinski definition) is 5. The van der Waals surface area contributed by atoms with E-state index in [1.807, 2.05) is 49.3 Å². The lowest BCUT2D eigenvalue weighted by Gasteiger charge is -2.21. The van der Waals surface area contributed by atoms with Crippen molar-refractivity contribution in [3.05, 3.63) is 65.2 Å². The molecule has 0 radical (unpaired) electrons. The van der Waals surface area contributed by atoms with E-state index in [4.69, 9.17) is 10.00 Å². The maximum atomic E-state index is 12.6. The molecule has 0 bridgehead atoms. The number of carbonyl (C=O) groups excluding carboxylic acids is 2. The van der Waals surface area contributed by atoms with E-state index in [0.29, 0.717) is 12.1 Å². The molecule has 0 aromatic heterocycles. The van der Waals surface area contributed by atoms with Gasteiger partial charge in [-0.1, -0.05) is 24.3 Å². The van der Waals surface area contributed by atoms with Crippen molar-refractivity contribution in [3.8, 4) is 6.07 Å². The first-order valence-electron chi connectivity index (χ1n) is 8.94. The second-order valence-corrected chi connectivity index (χ2v) is 6.81. The summed E-state index contributed by atoms with van der Waals surface area (Å²) >= 11 is 0. The number of hydrogen-bond donors (Lipinski definition) is 1. The monoisotopic (exact) mass is 378 g/mol. The summed E-state index contributed by atoms with van der Waals surface area (Å²) in [6.45, 7) is 0.598. The Balaban J connectivity index is 1.63. The first kappa shape index (κ1) is 19.2. The fraction of sp³-hybridized carbons (Fsp3) is 0.286. The Morgan fingerprint density at radius 1 is 1.25 bits per heavy atom. The number of nitriles is 1. The second kappa shape index (κ2) is 8.44. The van der Waals surface area contributed by atoms with Crippen molar-refractivity contribution < 1.29 is 14.3 Å². The zero-order valence-corrected chi connectivity index (χ0v) is 15.9. The molecule has 1 heterocycles. The van der Waals surface area contributed by atoms with E-state index in [2.05, 4.69) is 11.4 Å². The molecule has 0 aliphatic carbocycles. The molecule has 0 spiro atoms. The summed E-state index contributed by atoms with van der Waals surface area (Å²) in [5.74, 6) is -0.265. The molecule has 2 amide bonds. The third kappa shape index (κ3) is 4.41. The molecule has 2 aromatic carbocycles. The summed E-state index contributed by atoms with van der Waals surface area (Å²) in [4.78, 5) is 28.1. The van der Waals surface area contributed by atoms with E-state index in [-0.39, 0.29) is 19.1 Å². The predicted octanol–water partition coefficient (Wildman–Crippen LogP) is 2.26. The highest BCUT2D eigenvalue weighted by atomic mass is 16.6. The SMILES string of the molecule is CN(C)c1ccc(CNC(=O)[C@@H]2COC(=O)N2Cc2cccc(C#N)c2)cc1. The quantitative estimate of drug-likeness (QED) is 0.833. The van der Waals surface area contributed by atoms with Crippen LogP contribution in [0.5, 0.6) is 0 Å². The fourth-order valence-corrected chi connectivity index (χ4v) is 3.00. The first-order valence-corrected chi connectivity index (χ1v) is 8.94. The number of rotatable bonds is 6. The molecule has 0 unspecified atom stereocenters. The van der Waals surface area contributed by atoms with Gasteiger partial charge < -0.3 is 15.0 Å². The predicted molar refractivity (Wildman–Crippen MR) is 104 cm³/mol. The summed E-state index contributed by atoms with van der Waals surface area (Å²) in [5, 5.41) is 11.9. The molecule has 0 saturated carbocycles. The van der Waals surface area contributed by atoms with Crippen LogP contribution in [0.4, 0.5) is 10.5 Å². The number of nitrogens with one attached hydrogen (secondary N) is 1. The maximum Gasteiger partial charge on any atom is 0.410 e. The third-order valence-corrected chi connectivity index (χ3v) is 4.61. The highest BCUT2D eigenvalue weighted by Gasteiger charge is 2.37. The zero-order chi connectivity index (χ0) is 20.1. The number of cyclic esters (lactones) is 1. The van der Waals surface area contributed by atoms with Crippen LogP contribution in [0.2, 0.25) is 0 Å². The van der Waals surface area contributed by atoms with Crippen molar-refractivity contribution in [2.24, 2.45) is 0 Å². The summed E-state index contributed by atoms with van der Waals surface area (Å²) in [6, 6.07) is 16.2. The van der Waals surface area contributed by atoms with Crippen molar-refractivity contribution in [3.63, 3.8) is 0 Å². The summed E-state index contributed by atoms with van der Waals surface area (Å²) < 4.78 is 5.08. The molecule has 1 N–H and O–H groups in total. The summed E-state index contributed by atoms with van der Waals surface area (Å²) in [6.07, 6.45) is -0.530. The Morgan fingerprint density at radius 3 is 2.68 bits per heavy atom. The standard InChI is InChI=1S/C21H22N4O3/c1-24(2)18-8-6-15(7-9-18)12-23-20(26)19-14-28-21(27)25(19)13-17-5-3-4-16(10-17)11-22/h3-10,19H,12-14H2,1-2H3,(H,23,26)/t19-/m0/s1. The minimum atomic E-state index is -0.695. The van der Waals surface area contributed by atoms with Gasteiger partial charge in [-0.05, 0) is 35.4 Å². The van der Waals surface area contributed by atoms with Crippen molar-refractivity contribution in [2.45, 2.75) is 19.1 Å². The highest BCUT2D eigenvalue weighted by molar-refractivity contribution is 5.87. The Hall–Kier alpha value is -3.53. The van der Waals surface area contributed by atoms with Crippen LogP contribution < -0.4 is 10.2 Å². The van der Waals surface area contributed by atoms with E-state index >= 15 is 0 Å². The van der Waals surface area contributed by atoms with Crippen LogP contribution in [0.15, 0.2) is 48.5 Å². The van der Waals surface area contributed by atoms with Gasteiger partial charge in [-0.2, -0.15) is 5.26 Å². The molecule has 2 aromatic rings. The third-order valence-electron chi connectivity index (χ3n) is 4.61. The average Bonchev–Trinajstić information content (AvgIpc) is 3.07. The van der Waals surface area contributed by atoms with E-state index in [1.165, 1.54) is 4.90 Å². The first-order chi connectivity index (χ1) is 13.5. The molecule has 3 rings (SSSR count). The van der Waals surface area contributed by atoms with Crippen molar-refractivity contribution in [1.82, 2.24) is 10.2 Å². The lowest BCUT2D eigenvalue weighted by Crippen LogP contribution is -2.45. The summed E-state index contributed by atoms with van der Waals surface area (Å²) in [7, 11) is 3.93. The second-order valence-electron chi connectivity index (χ2n) is 6.81. The van der Waals surface area contributed by atoms with Crippen molar-refractivity contribution >= 4 is 17.7 Å². The zero-order valence-electron chi connectivity index (χ0n) is 15.9. The number of anilines is 1. The van der Waals surface area contributed by atoms with Crippen molar-refractivity contribution in [2.75, 3.05) is 25.6 Å². The van der Waals surface area contributed by atoms with E-state index < -0.39 is 12.1 Å². The molecule has 1 saturated heterocycles. The van der Waals surface area contributed by atoms with Gasteiger partial charge in [0.15, 0.2) is 0 Å². The van der Waals surface area contributed by atoms with Gasteiger partial charge in [-0.25, -0.2) is 4.79 Å². The van der Waals surface area contributed by atoms with Gasteiger partial charge in [0.2, 0.25) is 5.91 Å². The molecular weight excluding hydrogens is 356 g/mol. The highest BCUT2D eigenvalue weighted by Crippen LogP contribution is 2.18. The molecular formula is C21H22N4O3. The van der Waals surface area contributed by atoms with E-state index in [1.54, 1.807) is 18.2 Å². The molecule has 144 valence electrons. The molecule has 1 atom stereocenters. The lowest BCUT2D eigenvalue weighted by molar-refractivity contribution is -0.125. The van der Waals surface area contributed by atoms with Crippen LogP contribution in [0, 0.1) is 11.3 Å². The topological polar surface area (TPSA) is 85.7 Å². The molecule has 28 heavy (non-hydrogen) atoms. The number of nitrogens with zero attached hydrogens (tertiary/aromatic N) is 3. The van der Waals surface area contributed by atoms with Crippen LogP contribution >= 0.6 is 0 Å². The van der Waals surface area contributed by atoms with Gasteiger partial charge in [0.1, 0.15) is 12.6 Å². The number of carbonyl (C=O) groups is 2. The van der Waals surface area contributed by atoms with Gasteiger partial charge in [0.25, 0.3) is 0 Å². The lowest BCUT2D eigenvalue weighted by atomic mass is 10.1. The average molecular weight is 378 g/mol. The Labute approximate surface area is 164 Å². The number of ether oxygens (including phenoxy) is 1. The smallest absolute Gasteiger partial charge is 0.410 e. The van der Waals surface area contributed by atoms with Crippen molar-refractivity contribution in [1.29, 1.82) is 5.26 Å². The van der Waals surface area contributed by atoms with Crippen LogP contribution in [-0.4, -0.2) is 43.6 Å². The van der Waals surface area contributed by atoms with E-state index in [0.717, 1.165) is 16.8 Å². The summed E-state index contributed by atoms with van der Waals surface area (Å²) in [5.41, 5.74) is 3.33. The van der Waals surface area contributed by atoms with Gasteiger partial charge in [-0.15, -0.1) is 0 Å². The van der Waals surface area contributed by atoms with Gasteiger partial charge in [0, 0.05) is 26.3 Å². The Bertz CT molecular complexity index is 903. The van der Waals surface area contributed by atoms with Crippen LogP contribution in [-0.2, 0) is 22.6 Å². The van der Waals surface area contributed by atoms with Gasteiger partial charge in [0.05, 0.1) is 18.2 Å². The molecule has 1 aliphatic rings. The van der Waals surface area contributed by atoms with Crippen LogP contribution in [0.1, 0.15) is 16.7 Å². The minimum absolute atomic E-state index is 0.0160. The molecule has 1 fully saturated rings. The maximum absolute atomic E-state index is 12.6. The Morgan fingerprint density at radius 2 is 2.00 bits per heavy atom. The minimum Gasteiger partial charge on any atom is -0.447 e. The largest absolute Gasteiger partial charge is 0.447 e. The van der Waals surface area contributed by atoms with Gasteiger partial charge in [-0.3, -0.25) is 9.69 Å². The van der Waals surface area contributed by atoms with Gasteiger partial charge >= 0.3 is 6.09 Å². The molecule has 7 heteroatoms. The number of amides is 2. The van der Waals surface area contributed by atoms with Crippen LogP contribution in [0.25, 0.3) is 0 Å². The van der Waals surface area contributed by atoms with Crippen LogP contribution in [0.3, 0.4) is 0 Å².